The fourth-order valence-electron chi connectivity index (χ4n) is 5.43. The molecule has 1 atom stereocenters. The van der Waals surface area contributed by atoms with Crippen molar-refractivity contribution in [1.82, 2.24) is 9.80 Å². The molecule has 0 radical (unpaired) electrons. The Balaban J connectivity index is 1.48. The Morgan fingerprint density at radius 1 is 1.00 bits per heavy atom. The van der Waals surface area contributed by atoms with Crippen molar-refractivity contribution in [1.29, 1.82) is 0 Å². The molecule has 5 nitrogen and oxygen atoms in total. The van der Waals surface area contributed by atoms with Crippen LogP contribution in [0.4, 0.5) is 0 Å². The van der Waals surface area contributed by atoms with Crippen LogP contribution >= 0.6 is 0 Å². The van der Waals surface area contributed by atoms with Crippen LogP contribution in [0.25, 0.3) is 0 Å². The van der Waals surface area contributed by atoms with E-state index in [9.17, 15) is 9.59 Å². The Labute approximate surface area is 197 Å². The quantitative estimate of drug-likeness (QED) is 0.625. The number of nitrogens with zero attached hydrogens (tertiary/aromatic N) is 2. The maximum atomic E-state index is 13.1. The van der Waals surface area contributed by atoms with E-state index in [1.807, 2.05) is 73.2 Å². The van der Waals surface area contributed by atoms with Crippen LogP contribution in [-0.2, 0) is 11.2 Å². The predicted molar refractivity (Wildman–Crippen MR) is 130 cm³/mol. The summed E-state index contributed by atoms with van der Waals surface area (Å²) in [4.78, 5) is 30.1. The molecule has 1 spiro atoms. The third kappa shape index (κ3) is 5.23. The van der Waals surface area contributed by atoms with Gasteiger partial charge in [-0.05, 0) is 74.6 Å². The summed E-state index contributed by atoms with van der Waals surface area (Å²) in [5.74, 6) is 0.965. The first-order valence-electron chi connectivity index (χ1n) is 12.2. The van der Waals surface area contributed by atoms with Crippen molar-refractivity contribution in [2.24, 2.45) is 5.41 Å². The molecule has 176 valence electrons. The van der Waals surface area contributed by atoms with Gasteiger partial charge < -0.3 is 14.5 Å². The number of carbonyl (C=O) groups excluding carboxylic acids is 2. The number of rotatable bonds is 1. The van der Waals surface area contributed by atoms with Crippen molar-refractivity contribution >= 4 is 11.8 Å². The summed E-state index contributed by atoms with van der Waals surface area (Å²) in [5, 5.41) is 0. The van der Waals surface area contributed by atoms with Gasteiger partial charge in [0.25, 0.3) is 11.8 Å². The Morgan fingerprint density at radius 3 is 2.45 bits per heavy atom. The molecule has 2 heterocycles. The van der Waals surface area contributed by atoms with Gasteiger partial charge in [-0.1, -0.05) is 42.8 Å². The lowest BCUT2D eigenvalue weighted by molar-refractivity contribution is -0.138. The molecule has 2 aliphatic heterocycles. The van der Waals surface area contributed by atoms with E-state index in [1.165, 1.54) is 5.56 Å². The van der Waals surface area contributed by atoms with E-state index in [4.69, 9.17) is 4.74 Å². The fourth-order valence-corrected chi connectivity index (χ4v) is 5.43. The van der Waals surface area contributed by atoms with Crippen LogP contribution in [0.1, 0.15) is 60.5 Å². The summed E-state index contributed by atoms with van der Waals surface area (Å²) < 4.78 is 6.09. The van der Waals surface area contributed by atoms with Gasteiger partial charge in [-0.15, -0.1) is 0 Å². The number of fused-ring (bicyclic) bond motifs is 1. The number of carbonyl (C=O) groups is 2. The molecule has 5 heteroatoms. The van der Waals surface area contributed by atoms with Crippen LogP contribution in [0.5, 0.6) is 5.75 Å². The number of hydrogen-bond donors (Lipinski definition) is 0. The summed E-state index contributed by atoms with van der Waals surface area (Å²) in [6.45, 7) is 6.03. The van der Waals surface area contributed by atoms with Gasteiger partial charge >= 0.3 is 0 Å². The number of ether oxygens (including phenoxy) is 1. The molecule has 2 aromatic rings. The van der Waals surface area contributed by atoms with Gasteiger partial charge in [-0.3, -0.25) is 9.59 Å². The monoisotopic (exact) mass is 448 g/mol. The van der Waals surface area contributed by atoms with Crippen molar-refractivity contribution in [3.63, 3.8) is 0 Å². The molecule has 0 aromatic heterocycles. The van der Waals surface area contributed by atoms with E-state index < -0.39 is 6.10 Å². The van der Waals surface area contributed by atoms with Crippen molar-refractivity contribution < 1.29 is 14.3 Å². The lowest BCUT2D eigenvalue weighted by Gasteiger charge is -2.44. The van der Waals surface area contributed by atoms with Crippen molar-refractivity contribution in [2.75, 3.05) is 26.7 Å². The Morgan fingerprint density at radius 2 is 1.70 bits per heavy atom. The minimum Gasteiger partial charge on any atom is -0.481 e. The van der Waals surface area contributed by atoms with Crippen LogP contribution in [-0.4, -0.2) is 54.4 Å². The number of aryl methyl sites for hydroxylation is 2. The molecular formula is C28H36N2O3. The molecule has 0 unspecified atom stereocenters. The molecule has 0 bridgehead atoms. The molecule has 0 aliphatic carbocycles. The van der Waals surface area contributed by atoms with Crippen molar-refractivity contribution in [3.8, 4) is 5.75 Å². The van der Waals surface area contributed by atoms with Gasteiger partial charge in [-0.2, -0.15) is 0 Å². The number of piperidine rings is 1. The van der Waals surface area contributed by atoms with E-state index >= 15 is 0 Å². The normalized spacial score (nSPS) is 21.5. The van der Waals surface area contributed by atoms with Crippen molar-refractivity contribution in [3.05, 3.63) is 65.2 Å². The highest BCUT2D eigenvalue weighted by Gasteiger charge is 2.38. The van der Waals surface area contributed by atoms with Gasteiger partial charge in [0.05, 0.1) is 0 Å². The number of amides is 2. The highest BCUT2D eigenvalue weighted by atomic mass is 16.5. The number of para-hydroxylation sites is 1. The molecule has 2 amide bonds. The van der Waals surface area contributed by atoms with E-state index in [1.54, 1.807) is 0 Å². The lowest BCUT2D eigenvalue weighted by atomic mass is 9.73. The van der Waals surface area contributed by atoms with Gasteiger partial charge in [0.2, 0.25) is 0 Å². The van der Waals surface area contributed by atoms with Gasteiger partial charge in [0, 0.05) is 32.2 Å². The number of hydrogen-bond acceptors (Lipinski definition) is 3. The minimum absolute atomic E-state index is 0.0168. The van der Waals surface area contributed by atoms with Gasteiger partial charge in [0.15, 0.2) is 6.10 Å². The first-order valence-corrected chi connectivity index (χ1v) is 12.2. The third-order valence-corrected chi connectivity index (χ3v) is 7.46. The summed E-state index contributed by atoms with van der Waals surface area (Å²) in [5.41, 5.74) is 3.04. The average Bonchev–Trinajstić information content (AvgIpc) is 2.82. The zero-order chi connectivity index (χ0) is 23.4. The molecule has 2 aliphatic rings. The van der Waals surface area contributed by atoms with Gasteiger partial charge in [0.1, 0.15) is 5.75 Å². The third-order valence-electron chi connectivity index (χ3n) is 7.46. The average molecular weight is 449 g/mol. The second-order valence-corrected chi connectivity index (χ2v) is 9.88. The largest absolute Gasteiger partial charge is 0.481 e. The molecule has 33 heavy (non-hydrogen) atoms. The summed E-state index contributed by atoms with van der Waals surface area (Å²) in [6.07, 6.45) is 5.57. The molecule has 0 saturated carbocycles. The number of likely N-dealkylation sites (N-methyl/N-ethyl adjacent to an activating group) is 1. The van der Waals surface area contributed by atoms with Crippen molar-refractivity contribution in [2.45, 2.75) is 58.5 Å². The van der Waals surface area contributed by atoms with Crippen LogP contribution in [0, 0.1) is 12.3 Å². The van der Waals surface area contributed by atoms with E-state index in [-0.39, 0.29) is 17.2 Å². The highest BCUT2D eigenvalue weighted by Crippen LogP contribution is 2.39. The van der Waals surface area contributed by atoms with Gasteiger partial charge in [-0.25, -0.2) is 0 Å². The molecule has 0 N–H and O–H groups in total. The van der Waals surface area contributed by atoms with Crippen LogP contribution in [0.15, 0.2) is 48.5 Å². The molecule has 4 rings (SSSR count). The Hall–Kier alpha value is -2.82. The fraction of sp³-hybridized carbons (Fsp3) is 0.500. The van der Waals surface area contributed by atoms with E-state index in [0.717, 1.165) is 68.5 Å². The predicted octanol–water partition coefficient (Wildman–Crippen LogP) is 4.87. The van der Waals surface area contributed by atoms with Crippen LogP contribution in [0.3, 0.4) is 0 Å². The van der Waals surface area contributed by atoms with Crippen LogP contribution in [0.2, 0.25) is 0 Å². The first kappa shape index (κ1) is 23.3. The zero-order valence-corrected chi connectivity index (χ0v) is 20.2. The summed E-state index contributed by atoms with van der Waals surface area (Å²) >= 11 is 0. The SMILES string of the molecule is Cc1ccccc1C(=O)N1CCC2(CCCCc3ccccc3O[C@H](C)C(=O)N(C)C2)CC1. The maximum Gasteiger partial charge on any atom is 0.263 e. The van der Waals surface area contributed by atoms with Crippen LogP contribution < -0.4 is 4.74 Å². The topological polar surface area (TPSA) is 49.9 Å². The first-order chi connectivity index (χ1) is 15.9. The maximum absolute atomic E-state index is 13.1. The number of benzene rings is 2. The Kier molecular flexibility index (Phi) is 7.06. The standard InChI is InChI=1S/C28H36N2O3/c1-21-10-4-6-13-24(21)27(32)30-18-16-28(17-19-30)15-9-8-12-23-11-5-7-14-25(23)33-22(2)26(31)29(3)20-28/h4-7,10-11,13-14,22H,8-9,12,15-20H2,1-3H3/t22-/m1/s1. The summed E-state index contributed by atoms with van der Waals surface area (Å²) in [7, 11) is 1.90. The molecular weight excluding hydrogens is 412 g/mol. The van der Waals surface area contributed by atoms with E-state index in [0.29, 0.717) is 6.54 Å². The smallest absolute Gasteiger partial charge is 0.263 e. The molecule has 1 saturated heterocycles. The minimum atomic E-state index is -0.518. The number of likely N-dealkylation sites (tertiary alicyclic amines) is 1. The second kappa shape index (κ2) is 9.98. The zero-order valence-electron chi connectivity index (χ0n) is 20.2. The molecule has 1 fully saturated rings. The summed E-state index contributed by atoms with van der Waals surface area (Å²) in [6, 6.07) is 15.9. The Bertz CT molecular complexity index is 994. The highest BCUT2D eigenvalue weighted by molar-refractivity contribution is 5.95. The molecule has 2 aromatic carbocycles. The second-order valence-electron chi connectivity index (χ2n) is 9.88. The lowest BCUT2D eigenvalue weighted by Crippen LogP contribution is -2.50. The van der Waals surface area contributed by atoms with E-state index in [2.05, 4.69) is 6.07 Å².